The summed E-state index contributed by atoms with van der Waals surface area (Å²) in [5.41, 5.74) is 2.28. The van der Waals surface area contributed by atoms with Crippen LogP contribution in [0.3, 0.4) is 0 Å². The molecule has 0 aliphatic carbocycles. The van der Waals surface area contributed by atoms with E-state index in [0.29, 0.717) is 22.9 Å². The number of hydrogen-bond donors (Lipinski definition) is 2. The molecule has 0 radical (unpaired) electrons. The maximum Gasteiger partial charge on any atom is 0.257 e. The van der Waals surface area contributed by atoms with E-state index in [1.165, 1.54) is 4.90 Å². The molecule has 0 bridgehead atoms. The van der Waals surface area contributed by atoms with Crippen molar-refractivity contribution in [1.82, 2.24) is 13.6 Å². The van der Waals surface area contributed by atoms with Gasteiger partial charge in [-0.1, -0.05) is 32.9 Å². The van der Waals surface area contributed by atoms with Crippen LogP contribution in [-0.2, 0) is 0 Å². The highest BCUT2D eigenvalue weighted by molar-refractivity contribution is 6.99. The molecule has 1 aliphatic heterocycles. The molecule has 0 unspecified atom stereocenters. The van der Waals surface area contributed by atoms with E-state index in [2.05, 4.69) is 34.8 Å². The predicted molar refractivity (Wildman–Crippen MR) is 137 cm³/mol. The molecule has 1 amide bonds. The summed E-state index contributed by atoms with van der Waals surface area (Å²) in [6, 6.07) is 9.40. The van der Waals surface area contributed by atoms with Gasteiger partial charge in [-0.25, -0.2) is 0 Å². The summed E-state index contributed by atoms with van der Waals surface area (Å²) >= 11 is 1.08. The van der Waals surface area contributed by atoms with E-state index in [0.717, 1.165) is 28.8 Å². The Bertz CT molecular complexity index is 1250. The molecule has 0 saturated carbocycles. The van der Waals surface area contributed by atoms with E-state index in [1.54, 1.807) is 39.0 Å². The lowest BCUT2D eigenvalue weighted by Crippen LogP contribution is -2.27. The standard InChI is InChI=1S/C25H31N5O4S/c1-14-8-10-16(20(31)19(14)24(32)29(5)6)30(7)23-22(27-35-28-23)26-21(25(2,3)4)15-9-11-17-18(12-15)34-13-33-17/h8-12,21,31H,13H2,1-7H3,(H,26,27)/t21-/m0/s1. The largest absolute Gasteiger partial charge is 0.505 e. The highest BCUT2D eigenvalue weighted by Gasteiger charge is 2.31. The number of carbonyl (C=O) groups excluding carboxylic acids is 1. The van der Waals surface area contributed by atoms with Gasteiger partial charge in [0.15, 0.2) is 28.9 Å². The lowest BCUT2D eigenvalue weighted by atomic mass is 9.82. The first-order chi connectivity index (χ1) is 16.5. The number of aromatic nitrogens is 2. The average Bonchev–Trinajstić information content (AvgIpc) is 3.45. The molecule has 1 atom stereocenters. The van der Waals surface area contributed by atoms with Crippen LogP contribution in [0.25, 0.3) is 0 Å². The summed E-state index contributed by atoms with van der Waals surface area (Å²) < 4.78 is 20.1. The Balaban J connectivity index is 1.69. The lowest BCUT2D eigenvalue weighted by molar-refractivity contribution is 0.0824. The van der Waals surface area contributed by atoms with E-state index < -0.39 is 0 Å². The Labute approximate surface area is 209 Å². The van der Waals surface area contributed by atoms with Gasteiger partial charge in [0.2, 0.25) is 6.79 Å². The van der Waals surface area contributed by atoms with E-state index in [-0.39, 0.29) is 35.5 Å². The predicted octanol–water partition coefficient (Wildman–Crippen LogP) is 4.95. The highest BCUT2D eigenvalue weighted by atomic mass is 32.1. The van der Waals surface area contributed by atoms with Crippen molar-refractivity contribution in [2.45, 2.75) is 33.7 Å². The number of aryl methyl sites for hydroxylation is 1. The second kappa shape index (κ2) is 9.26. The topological polar surface area (TPSA) is 100 Å². The quantitative estimate of drug-likeness (QED) is 0.493. The number of amides is 1. The van der Waals surface area contributed by atoms with Gasteiger partial charge < -0.3 is 29.7 Å². The summed E-state index contributed by atoms with van der Waals surface area (Å²) in [7, 11) is 5.11. The minimum Gasteiger partial charge on any atom is -0.505 e. The van der Waals surface area contributed by atoms with Crippen LogP contribution in [0.15, 0.2) is 30.3 Å². The van der Waals surface area contributed by atoms with Gasteiger partial charge in [0.05, 0.1) is 29.0 Å². The Morgan fingerprint density at radius 3 is 2.51 bits per heavy atom. The number of anilines is 3. The maximum absolute atomic E-state index is 12.7. The lowest BCUT2D eigenvalue weighted by Gasteiger charge is -2.33. The molecule has 186 valence electrons. The number of nitrogens with zero attached hydrogens (tertiary/aromatic N) is 4. The number of carbonyl (C=O) groups is 1. The van der Waals surface area contributed by atoms with Crippen molar-refractivity contribution in [3.8, 4) is 17.2 Å². The van der Waals surface area contributed by atoms with Crippen LogP contribution in [0, 0.1) is 12.3 Å². The molecule has 0 spiro atoms. The minimum atomic E-state index is -0.263. The molecular weight excluding hydrogens is 466 g/mol. The van der Waals surface area contributed by atoms with Crippen molar-refractivity contribution >= 4 is 35.0 Å². The number of phenolic OH excluding ortho intramolecular Hbond substituents is 1. The number of hydrogen-bond acceptors (Lipinski definition) is 9. The van der Waals surface area contributed by atoms with E-state index in [1.807, 2.05) is 24.3 Å². The van der Waals surface area contributed by atoms with Gasteiger partial charge in [-0.3, -0.25) is 4.79 Å². The zero-order chi connectivity index (χ0) is 25.5. The first-order valence-corrected chi connectivity index (χ1v) is 12.0. The number of rotatable bonds is 6. The van der Waals surface area contributed by atoms with Gasteiger partial charge in [0.25, 0.3) is 5.91 Å². The van der Waals surface area contributed by atoms with E-state index in [4.69, 9.17) is 9.47 Å². The second-order valence-corrected chi connectivity index (χ2v) is 10.4. The molecule has 2 aromatic carbocycles. The molecule has 3 aromatic rings. The van der Waals surface area contributed by atoms with Crippen molar-refractivity contribution in [2.24, 2.45) is 5.41 Å². The number of phenols is 1. The Kier molecular flexibility index (Phi) is 6.50. The Hall–Kier alpha value is -3.53. The Morgan fingerprint density at radius 1 is 1.11 bits per heavy atom. The first kappa shape index (κ1) is 24.6. The number of fused-ring (bicyclic) bond motifs is 1. The molecule has 4 rings (SSSR count). The normalized spacial score (nSPS) is 13.5. The Morgan fingerprint density at radius 2 is 1.83 bits per heavy atom. The molecule has 10 heteroatoms. The fourth-order valence-electron chi connectivity index (χ4n) is 4.08. The second-order valence-electron chi connectivity index (χ2n) is 9.88. The fraction of sp³-hybridized carbons (Fsp3) is 0.400. The van der Waals surface area contributed by atoms with Gasteiger partial charge in [-0.15, -0.1) is 0 Å². The zero-order valence-corrected chi connectivity index (χ0v) is 21.9. The molecule has 2 N–H and O–H groups in total. The van der Waals surface area contributed by atoms with Crippen LogP contribution in [0.4, 0.5) is 17.3 Å². The third-order valence-electron chi connectivity index (χ3n) is 6.01. The third-order valence-corrected chi connectivity index (χ3v) is 6.53. The first-order valence-electron chi connectivity index (χ1n) is 11.3. The van der Waals surface area contributed by atoms with Gasteiger partial charge >= 0.3 is 0 Å². The number of benzene rings is 2. The van der Waals surface area contributed by atoms with Crippen LogP contribution in [0.1, 0.15) is 48.3 Å². The third kappa shape index (κ3) is 4.70. The van der Waals surface area contributed by atoms with E-state index in [9.17, 15) is 9.90 Å². The van der Waals surface area contributed by atoms with Crippen LogP contribution < -0.4 is 19.7 Å². The SMILES string of the molecule is Cc1ccc(N(C)c2nsnc2N[C@@H](c2ccc3c(c2)OCO3)C(C)(C)C)c(O)c1C(=O)N(C)C. The summed E-state index contributed by atoms with van der Waals surface area (Å²) in [5.74, 6) is 2.22. The molecule has 1 aliphatic rings. The number of aromatic hydroxyl groups is 1. The van der Waals surface area contributed by atoms with Gasteiger partial charge in [0.1, 0.15) is 0 Å². The van der Waals surface area contributed by atoms with Crippen molar-refractivity contribution in [2.75, 3.05) is 38.2 Å². The van der Waals surface area contributed by atoms with Crippen molar-refractivity contribution in [3.05, 3.63) is 47.0 Å². The van der Waals surface area contributed by atoms with Gasteiger partial charge in [0, 0.05) is 21.1 Å². The molecule has 35 heavy (non-hydrogen) atoms. The van der Waals surface area contributed by atoms with Crippen molar-refractivity contribution in [3.63, 3.8) is 0 Å². The molecule has 2 heterocycles. The van der Waals surface area contributed by atoms with Crippen LogP contribution in [0.2, 0.25) is 0 Å². The van der Waals surface area contributed by atoms with Crippen LogP contribution >= 0.6 is 11.7 Å². The number of ether oxygens (including phenoxy) is 2. The highest BCUT2D eigenvalue weighted by Crippen LogP contribution is 2.43. The van der Waals surface area contributed by atoms with Crippen molar-refractivity contribution < 1.29 is 19.4 Å². The minimum absolute atomic E-state index is 0.0895. The average molecular weight is 498 g/mol. The summed E-state index contributed by atoms with van der Waals surface area (Å²) in [6.07, 6.45) is 0. The fourth-order valence-corrected chi connectivity index (χ4v) is 4.63. The zero-order valence-electron chi connectivity index (χ0n) is 21.0. The van der Waals surface area contributed by atoms with E-state index >= 15 is 0 Å². The van der Waals surface area contributed by atoms with Gasteiger partial charge in [-0.05, 0) is 41.7 Å². The molecular formula is C25H31N5O4S. The summed E-state index contributed by atoms with van der Waals surface area (Å²) in [4.78, 5) is 15.9. The molecule has 0 saturated heterocycles. The monoisotopic (exact) mass is 497 g/mol. The summed E-state index contributed by atoms with van der Waals surface area (Å²) in [5, 5.41) is 14.6. The maximum atomic E-state index is 12.7. The molecule has 0 fully saturated rings. The molecule has 1 aromatic heterocycles. The smallest absolute Gasteiger partial charge is 0.257 e. The van der Waals surface area contributed by atoms with Gasteiger partial charge in [-0.2, -0.15) is 8.75 Å². The van der Waals surface area contributed by atoms with Crippen LogP contribution in [-0.4, -0.2) is 52.6 Å². The molecule has 9 nitrogen and oxygen atoms in total. The number of nitrogens with one attached hydrogen (secondary N) is 1. The van der Waals surface area contributed by atoms with Crippen molar-refractivity contribution in [1.29, 1.82) is 0 Å². The van der Waals surface area contributed by atoms with Crippen LogP contribution in [0.5, 0.6) is 17.2 Å². The summed E-state index contributed by atoms with van der Waals surface area (Å²) in [6.45, 7) is 8.45.